The number of rotatable bonds is 4. The molecule has 2 aromatic carbocycles. The SMILES string of the molecule is CC(=O)Oc1cccc(C2CCN(Cc3c[nH]c4ccccc34)C2)c1. The molecule has 4 nitrogen and oxygen atoms in total. The van der Waals surface area contributed by atoms with E-state index in [2.05, 4.69) is 46.4 Å². The van der Waals surface area contributed by atoms with Gasteiger partial charge in [0.25, 0.3) is 0 Å². The summed E-state index contributed by atoms with van der Waals surface area (Å²) in [5, 5.41) is 1.31. The number of aromatic nitrogens is 1. The van der Waals surface area contributed by atoms with Gasteiger partial charge in [0, 0.05) is 37.1 Å². The molecular weight excluding hydrogens is 312 g/mol. The average Bonchev–Trinajstić information content (AvgIpc) is 3.23. The van der Waals surface area contributed by atoms with Crippen molar-refractivity contribution >= 4 is 16.9 Å². The first-order valence-electron chi connectivity index (χ1n) is 8.75. The molecule has 0 spiro atoms. The van der Waals surface area contributed by atoms with Gasteiger partial charge in [0.1, 0.15) is 5.75 Å². The molecule has 4 heteroatoms. The molecule has 25 heavy (non-hydrogen) atoms. The standard InChI is InChI=1S/C21H22N2O2/c1-15(24)25-19-6-4-5-16(11-19)17-9-10-23(13-17)14-18-12-22-21-8-3-2-7-20(18)21/h2-8,11-12,17,22H,9-10,13-14H2,1H3. The van der Waals surface area contributed by atoms with Crippen LogP contribution in [0.2, 0.25) is 0 Å². The molecule has 0 aliphatic carbocycles. The number of fused-ring (bicyclic) bond motifs is 1. The molecule has 1 fully saturated rings. The molecule has 1 aromatic heterocycles. The Kier molecular flexibility index (Phi) is 4.28. The molecule has 1 aliphatic heterocycles. The average molecular weight is 334 g/mol. The smallest absolute Gasteiger partial charge is 0.308 e. The molecule has 1 unspecified atom stereocenters. The van der Waals surface area contributed by atoms with Gasteiger partial charge in [0.05, 0.1) is 0 Å². The molecule has 1 N–H and O–H groups in total. The highest BCUT2D eigenvalue weighted by Gasteiger charge is 2.24. The Morgan fingerprint density at radius 1 is 1.24 bits per heavy atom. The van der Waals surface area contributed by atoms with Crippen LogP contribution in [0, 0.1) is 0 Å². The van der Waals surface area contributed by atoms with Crippen molar-refractivity contribution < 1.29 is 9.53 Å². The highest BCUT2D eigenvalue weighted by atomic mass is 16.5. The number of carbonyl (C=O) groups excluding carboxylic acids is 1. The van der Waals surface area contributed by atoms with Gasteiger partial charge < -0.3 is 9.72 Å². The molecule has 3 aromatic rings. The van der Waals surface area contributed by atoms with Gasteiger partial charge in [-0.25, -0.2) is 0 Å². The largest absolute Gasteiger partial charge is 0.427 e. The van der Waals surface area contributed by atoms with Crippen LogP contribution in [0.1, 0.15) is 30.4 Å². The van der Waals surface area contributed by atoms with Crippen LogP contribution in [-0.2, 0) is 11.3 Å². The fraction of sp³-hybridized carbons (Fsp3) is 0.286. The maximum atomic E-state index is 11.1. The van der Waals surface area contributed by atoms with Gasteiger partial charge in [-0.15, -0.1) is 0 Å². The quantitative estimate of drug-likeness (QED) is 0.577. The number of H-pyrrole nitrogens is 1. The number of benzene rings is 2. The van der Waals surface area contributed by atoms with E-state index in [0.717, 1.165) is 26.1 Å². The molecule has 0 saturated carbocycles. The fourth-order valence-corrected chi connectivity index (χ4v) is 3.75. The zero-order valence-electron chi connectivity index (χ0n) is 14.4. The van der Waals surface area contributed by atoms with E-state index in [1.165, 1.54) is 29.0 Å². The Balaban J connectivity index is 1.45. The van der Waals surface area contributed by atoms with Crippen LogP contribution in [0.3, 0.4) is 0 Å². The lowest BCUT2D eigenvalue weighted by molar-refractivity contribution is -0.131. The van der Waals surface area contributed by atoms with Crippen molar-refractivity contribution in [2.45, 2.75) is 25.8 Å². The predicted molar refractivity (Wildman–Crippen MR) is 98.7 cm³/mol. The van der Waals surface area contributed by atoms with Crippen molar-refractivity contribution in [3.63, 3.8) is 0 Å². The number of hydrogen-bond acceptors (Lipinski definition) is 3. The molecule has 1 aliphatic rings. The summed E-state index contributed by atoms with van der Waals surface area (Å²) in [7, 11) is 0. The summed E-state index contributed by atoms with van der Waals surface area (Å²) >= 11 is 0. The fourth-order valence-electron chi connectivity index (χ4n) is 3.75. The molecular formula is C21H22N2O2. The minimum absolute atomic E-state index is 0.274. The number of nitrogens with zero attached hydrogens (tertiary/aromatic N) is 1. The van der Waals surface area contributed by atoms with Gasteiger partial charge in [-0.3, -0.25) is 9.69 Å². The Labute approximate surface area is 147 Å². The second-order valence-corrected chi connectivity index (χ2v) is 6.75. The number of hydrogen-bond donors (Lipinski definition) is 1. The zero-order valence-corrected chi connectivity index (χ0v) is 14.4. The molecule has 0 amide bonds. The predicted octanol–water partition coefficient (Wildman–Crippen LogP) is 4.08. The van der Waals surface area contributed by atoms with Gasteiger partial charge in [0.15, 0.2) is 0 Å². The van der Waals surface area contributed by atoms with Gasteiger partial charge >= 0.3 is 5.97 Å². The van der Waals surface area contributed by atoms with E-state index in [4.69, 9.17) is 4.74 Å². The first-order chi connectivity index (χ1) is 12.2. The summed E-state index contributed by atoms with van der Waals surface area (Å²) in [6.07, 6.45) is 3.26. The number of esters is 1. The summed E-state index contributed by atoms with van der Waals surface area (Å²) in [6, 6.07) is 16.4. The van der Waals surface area contributed by atoms with Crippen LogP contribution >= 0.6 is 0 Å². The van der Waals surface area contributed by atoms with Crippen molar-refractivity contribution in [1.29, 1.82) is 0 Å². The van der Waals surface area contributed by atoms with E-state index in [0.29, 0.717) is 11.7 Å². The Hall–Kier alpha value is -2.59. The Morgan fingerprint density at radius 2 is 2.12 bits per heavy atom. The van der Waals surface area contributed by atoms with Crippen molar-refractivity contribution in [1.82, 2.24) is 9.88 Å². The van der Waals surface area contributed by atoms with Crippen molar-refractivity contribution in [2.75, 3.05) is 13.1 Å². The minimum atomic E-state index is -0.274. The third kappa shape index (κ3) is 3.44. The lowest BCUT2D eigenvalue weighted by Gasteiger charge is -2.16. The van der Waals surface area contributed by atoms with Crippen molar-refractivity contribution in [3.8, 4) is 5.75 Å². The van der Waals surface area contributed by atoms with Crippen LogP contribution < -0.4 is 4.74 Å². The minimum Gasteiger partial charge on any atom is -0.427 e. The number of para-hydroxylation sites is 1. The molecule has 2 heterocycles. The van der Waals surface area contributed by atoms with E-state index < -0.39 is 0 Å². The third-order valence-corrected chi connectivity index (χ3v) is 4.93. The molecule has 1 atom stereocenters. The van der Waals surface area contributed by atoms with Crippen molar-refractivity contribution in [2.24, 2.45) is 0 Å². The lowest BCUT2D eigenvalue weighted by atomic mass is 9.98. The van der Waals surface area contributed by atoms with Crippen LogP contribution in [0.15, 0.2) is 54.7 Å². The Bertz CT molecular complexity index is 900. The van der Waals surface area contributed by atoms with E-state index in [1.54, 1.807) is 0 Å². The molecule has 128 valence electrons. The van der Waals surface area contributed by atoms with Gasteiger partial charge in [-0.2, -0.15) is 0 Å². The zero-order chi connectivity index (χ0) is 17.2. The molecule has 0 bridgehead atoms. The number of ether oxygens (including phenoxy) is 1. The number of carbonyl (C=O) groups is 1. The third-order valence-electron chi connectivity index (χ3n) is 4.93. The van der Waals surface area contributed by atoms with Crippen LogP contribution in [0.4, 0.5) is 0 Å². The second-order valence-electron chi connectivity index (χ2n) is 6.75. The number of aromatic amines is 1. The molecule has 1 saturated heterocycles. The topological polar surface area (TPSA) is 45.3 Å². The Morgan fingerprint density at radius 3 is 3.00 bits per heavy atom. The van der Waals surface area contributed by atoms with Crippen LogP contribution in [0.5, 0.6) is 5.75 Å². The van der Waals surface area contributed by atoms with E-state index in [-0.39, 0.29) is 5.97 Å². The lowest BCUT2D eigenvalue weighted by Crippen LogP contribution is -2.19. The van der Waals surface area contributed by atoms with E-state index >= 15 is 0 Å². The first-order valence-corrected chi connectivity index (χ1v) is 8.75. The summed E-state index contributed by atoms with van der Waals surface area (Å²) < 4.78 is 5.22. The van der Waals surface area contributed by atoms with Gasteiger partial charge in [-0.05, 0) is 48.2 Å². The molecule has 4 rings (SSSR count). The van der Waals surface area contributed by atoms with Gasteiger partial charge in [0.2, 0.25) is 0 Å². The number of nitrogens with one attached hydrogen (secondary N) is 1. The summed E-state index contributed by atoms with van der Waals surface area (Å²) in [4.78, 5) is 17.0. The highest BCUT2D eigenvalue weighted by Crippen LogP contribution is 2.31. The van der Waals surface area contributed by atoms with Crippen molar-refractivity contribution in [3.05, 3.63) is 65.9 Å². The summed E-state index contributed by atoms with van der Waals surface area (Å²) in [5.41, 5.74) is 3.80. The van der Waals surface area contributed by atoms with E-state index in [1.807, 2.05) is 18.2 Å². The normalized spacial score (nSPS) is 17.9. The monoisotopic (exact) mass is 334 g/mol. The van der Waals surface area contributed by atoms with Crippen LogP contribution in [0.25, 0.3) is 10.9 Å². The second kappa shape index (κ2) is 6.73. The van der Waals surface area contributed by atoms with Crippen LogP contribution in [-0.4, -0.2) is 28.9 Å². The first kappa shape index (κ1) is 15.9. The molecule has 0 radical (unpaired) electrons. The maximum Gasteiger partial charge on any atom is 0.308 e. The van der Waals surface area contributed by atoms with Gasteiger partial charge in [-0.1, -0.05) is 30.3 Å². The summed E-state index contributed by atoms with van der Waals surface area (Å²) in [6.45, 7) is 4.51. The highest BCUT2D eigenvalue weighted by molar-refractivity contribution is 5.82. The number of likely N-dealkylation sites (tertiary alicyclic amines) is 1. The summed E-state index contributed by atoms with van der Waals surface area (Å²) in [5.74, 6) is 0.852. The van der Waals surface area contributed by atoms with E-state index in [9.17, 15) is 4.79 Å². The maximum absolute atomic E-state index is 11.1.